The van der Waals surface area contributed by atoms with Crippen molar-refractivity contribution in [3.8, 4) is 22.5 Å². The van der Waals surface area contributed by atoms with E-state index in [-0.39, 0.29) is 0 Å². The van der Waals surface area contributed by atoms with Crippen LogP contribution in [0.5, 0.6) is 0 Å². The summed E-state index contributed by atoms with van der Waals surface area (Å²) < 4.78 is 1.03. The summed E-state index contributed by atoms with van der Waals surface area (Å²) in [5, 5.41) is 2.21. The van der Waals surface area contributed by atoms with E-state index in [1.165, 1.54) is 0 Å². The number of aromatic nitrogens is 4. The van der Waals surface area contributed by atoms with Crippen molar-refractivity contribution in [1.29, 1.82) is 0 Å². The van der Waals surface area contributed by atoms with E-state index >= 15 is 0 Å². The maximum Gasteiger partial charge on any atom is 0.137 e. The van der Waals surface area contributed by atoms with Gasteiger partial charge in [-0.1, -0.05) is 15.9 Å². The number of H-pyrrole nitrogens is 2. The lowest BCUT2D eigenvalue weighted by Crippen LogP contribution is -1.83. The normalized spacial score (nSPS) is 11.4. The molecule has 4 nitrogen and oxygen atoms in total. The Morgan fingerprint density at radius 1 is 0.680 bits per heavy atom. The third-order valence-electron chi connectivity index (χ3n) is 4.30. The van der Waals surface area contributed by atoms with E-state index in [2.05, 4.69) is 78.3 Å². The average Bonchev–Trinajstić information content (AvgIpc) is 3.25. The van der Waals surface area contributed by atoms with Crippen LogP contribution in [-0.2, 0) is 0 Å². The minimum absolute atomic E-state index is 0.897. The Labute approximate surface area is 152 Å². The smallest absolute Gasteiger partial charge is 0.137 e. The number of nitrogens with zero attached hydrogens (tertiary/aromatic N) is 2. The first kappa shape index (κ1) is 14.4. The summed E-state index contributed by atoms with van der Waals surface area (Å²) in [6, 6.07) is 18.6. The van der Waals surface area contributed by atoms with Gasteiger partial charge in [0, 0.05) is 39.0 Å². The van der Waals surface area contributed by atoms with Gasteiger partial charge in [0.25, 0.3) is 0 Å². The summed E-state index contributed by atoms with van der Waals surface area (Å²) in [7, 11) is 0. The molecule has 0 bridgehead atoms. The van der Waals surface area contributed by atoms with Gasteiger partial charge >= 0.3 is 0 Å². The monoisotopic (exact) mass is 388 g/mol. The highest BCUT2D eigenvalue weighted by atomic mass is 79.9. The molecule has 0 amide bonds. The number of aromatic amines is 2. The average molecular weight is 389 g/mol. The highest BCUT2D eigenvalue weighted by Gasteiger charge is 2.09. The number of halogens is 1. The molecule has 0 atom stereocenters. The molecule has 0 unspecified atom stereocenters. The first-order chi connectivity index (χ1) is 12.3. The zero-order valence-corrected chi connectivity index (χ0v) is 14.7. The van der Waals surface area contributed by atoms with Gasteiger partial charge in [0.2, 0.25) is 0 Å². The minimum Gasteiger partial charge on any atom is -0.339 e. The Morgan fingerprint density at radius 3 is 1.68 bits per heavy atom. The molecule has 0 spiro atoms. The molecule has 0 aliphatic rings. The summed E-state index contributed by atoms with van der Waals surface area (Å²) in [6.07, 6.45) is 3.60. The van der Waals surface area contributed by atoms with Crippen LogP contribution in [0.15, 0.2) is 71.5 Å². The van der Waals surface area contributed by atoms with Gasteiger partial charge in [-0.2, -0.15) is 0 Å². The topological polar surface area (TPSA) is 57.4 Å². The van der Waals surface area contributed by atoms with Crippen LogP contribution in [0.3, 0.4) is 0 Å². The fourth-order valence-electron chi connectivity index (χ4n) is 3.13. The summed E-state index contributed by atoms with van der Waals surface area (Å²) in [6.45, 7) is 0. The maximum absolute atomic E-state index is 4.38. The Bertz CT molecular complexity index is 1060. The molecule has 5 aromatic rings. The largest absolute Gasteiger partial charge is 0.339 e. The Hall–Kier alpha value is -2.92. The van der Waals surface area contributed by atoms with Crippen molar-refractivity contribution < 1.29 is 0 Å². The van der Waals surface area contributed by atoms with E-state index in [0.717, 1.165) is 49.1 Å². The molecular weight excluding hydrogens is 376 g/mol. The van der Waals surface area contributed by atoms with Gasteiger partial charge in [0.05, 0.1) is 0 Å². The second-order valence-corrected chi connectivity index (χ2v) is 6.89. The fraction of sp³-hybridized carbons (Fsp3) is 0. The van der Waals surface area contributed by atoms with Gasteiger partial charge in [0.15, 0.2) is 0 Å². The molecule has 0 aliphatic heterocycles. The minimum atomic E-state index is 0.897. The molecule has 5 rings (SSSR count). The Morgan fingerprint density at radius 2 is 1.20 bits per heavy atom. The molecule has 0 saturated carbocycles. The van der Waals surface area contributed by atoms with Crippen LogP contribution in [-0.4, -0.2) is 19.9 Å². The van der Waals surface area contributed by atoms with E-state index < -0.39 is 0 Å². The first-order valence-electron chi connectivity index (χ1n) is 7.95. The Kier molecular flexibility index (Phi) is 3.21. The number of rotatable bonds is 2. The highest BCUT2D eigenvalue weighted by Crippen LogP contribution is 2.32. The third kappa shape index (κ3) is 2.53. The van der Waals surface area contributed by atoms with Crippen LogP contribution in [0.25, 0.3) is 44.6 Å². The van der Waals surface area contributed by atoms with Crippen LogP contribution < -0.4 is 0 Å². The number of hydrogen-bond donors (Lipinski definition) is 2. The summed E-state index contributed by atoms with van der Waals surface area (Å²) >= 11 is 3.64. The second-order valence-electron chi connectivity index (χ2n) is 5.98. The van der Waals surface area contributed by atoms with Crippen LogP contribution in [0.4, 0.5) is 0 Å². The van der Waals surface area contributed by atoms with Crippen molar-refractivity contribution >= 4 is 38.0 Å². The fourth-order valence-corrected chi connectivity index (χ4v) is 3.62. The van der Waals surface area contributed by atoms with Crippen molar-refractivity contribution in [2.75, 3.05) is 0 Å². The number of benzene rings is 1. The van der Waals surface area contributed by atoms with Crippen LogP contribution >= 0.6 is 15.9 Å². The number of hydrogen-bond acceptors (Lipinski definition) is 2. The molecule has 25 heavy (non-hydrogen) atoms. The van der Waals surface area contributed by atoms with E-state index in [1.807, 2.05) is 12.1 Å². The van der Waals surface area contributed by atoms with Crippen LogP contribution in [0.1, 0.15) is 0 Å². The van der Waals surface area contributed by atoms with Gasteiger partial charge in [-0.15, -0.1) is 0 Å². The van der Waals surface area contributed by atoms with Crippen LogP contribution in [0, 0.1) is 0 Å². The summed E-state index contributed by atoms with van der Waals surface area (Å²) in [5.74, 6) is 0. The molecule has 4 aromatic heterocycles. The standard InChI is InChI=1S/C20H13BrN4/c21-16-8-14(17-10-12-3-1-5-22-19(12)24-17)7-15(9-16)18-11-13-4-2-6-23-20(13)25-18/h1-11H,(H,22,24)(H,23,25). The van der Waals surface area contributed by atoms with Crippen LogP contribution in [0.2, 0.25) is 0 Å². The molecule has 1 aromatic carbocycles. The lowest BCUT2D eigenvalue weighted by Gasteiger charge is -2.04. The molecule has 0 aliphatic carbocycles. The zero-order chi connectivity index (χ0) is 16.8. The lowest BCUT2D eigenvalue weighted by atomic mass is 10.1. The molecular formula is C20H13BrN4. The van der Waals surface area contributed by atoms with Crippen molar-refractivity contribution in [2.24, 2.45) is 0 Å². The van der Waals surface area contributed by atoms with Gasteiger partial charge in [-0.05, 0) is 65.7 Å². The molecule has 120 valence electrons. The molecule has 4 heterocycles. The zero-order valence-electron chi connectivity index (χ0n) is 13.1. The third-order valence-corrected chi connectivity index (χ3v) is 4.76. The lowest BCUT2D eigenvalue weighted by molar-refractivity contribution is 1.32. The number of fused-ring (bicyclic) bond motifs is 2. The van der Waals surface area contributed by atoms with Crippen molar-refractivity contribution in [3.63, 3.8) is 0 Å². The van der Waals surface area contributed by atoms with E-state index in [4.69, 9.17) is 0 Å². The summed E-state index contributed by atoms with van der Waals surface area (Å²) in [4.78, 5) is 15.5. The predicted octanol–water partition coefficient (Wildman–Crippen LogP) is 5.54. The Balaban J connectivity index is 1.66. The highest BCUT2D eigenvalue weighted by molar-refractivity contribution is 9.10. The maximum atomic E-state index is 4.38. The molecule has 0 saturated heterocycles. The second kappa shape index (κ2) is 5.57. The van der Waals surface area contributed by atoms with E-state index in [1.54, 1.807) is 12.4 Å². The van der Waals surface area contributed by atoms with Gasteiger partial charge < -0.3 is 9.97 Å². The van der Waals surface area contributed by atoms with E-state index in [0.29, 0.717) is 0 Å². The quantitative estimate of drug-likeness (QED) is 0.417. The van der Waals surface area contributed by atoms with E-state index in [9.17, 15) is 0 Å². The molecule has 0 radical (unpaired) electrons. The molecule has 0 fully saturated rings. The van der Waals surface area contributed by atoms with Crippen molar-refractivity contribution in [2.45, 2.75) is 0 Å². The van der Waals surface area contributed by atoms with Gasteiger partial charge in [-0.25, -0.2) is 9.97 Å². The SMILES string of the molecule is Brc1cc(-c2cc3cccnc3[nH]2)cc(-c2cc3cccnc3[nH]2)c1. The van der Waals surface area contributed by atoms with Gasteiger partial charge in [0.1, 0.15) is 11.3 Å². The molecule has 5 heteroatoms. The number of pyridine rings is 2. The summed E-state index contributed by atoms with van der Waals surface area (Å²) in [5.41, 5.74) is 6.10. The molecule has 2 N–H and O–H groups in total. The van der Waals surface area contributed by atoms with Crippen molar-refractivity contribution in [1.82, 2.24) is 19.9 Å². The van der Waals surface area contributed by atoms with Crippen molar-refractivity contribution in [3.05, 3.63) is 71.5 Å². The first-order valence-corrected chi connectivity index (χ1v) is 8.74. The predicted molar refractivity (Wildman–Crippen MR) is 104 cm³/mol. The van der Waals surface area contributed by atoms with Gasteiger partial charge in [-0.3, -0.25) is 0 Å². The number of nitrogens with one attached hydrogen (secondary N) is 2.